The Morgan fingerprint density at radius 2 is 1.89 bits per heavy atom. The lowest BCUT2D eigenvalue weighted by molar-refractivity contribution is 1.33. The van der Waals surface area contributed by atoms with E-state index >= 15 is 0 Å². The highest BCUT2D eigenvalue weighted by Crippen LogP contribution is 2.27. The molecule has 0 atom stereocenters. The lowest BCUT2D eigenvalue weighted by Gasteiger charge is -2.00. The summed E-state index contributed by atoms with van der Waals surface area (Å²) in [5.41, 5.74) is 9.50. The quantitative estimate of drug-likeness (QED) is 0.629. The molecule has 2 aromatic carbocycles. The Morgan fingerprint density at radius 3 is 2.67 bits per heavy atom. The third kappa shape index (κ3) is 2.04. The number of rotatable bonds is 1. The summed E-state index contributed by atoms with van der Waals surface area (Å²) in [6, 6.07) is 11.8. The summed E-state index contributed by atoms with van der Waals surface area (Å²) < 4.78 is 1.92. The summed E-state index contributed by atoms with van der Waals surface area (Å²) in [5.74, 6) is 0.822. The highest BCUT2D eigenvalue weighted by atomic mass is 79.9. The minimum absolute atomic E-state index is 0.703. The first-order valence-corrected chi connectivity index (χ1v) is 6.93. The van der Waals surface area contributed by atoms with E-state index in [9.17, 15) is 0 Å². The van der Waals surface area contributed by atoms with E-state index < -0.39 is 0 Å². The van der Waals surface area contributed by atoms with Gasteiger partial charge >= 0.3 is 0 Å². The van der Waals surface area contributed by atoms with E-state index in [-0.39, 0.29) is 0 Å². The molecule has 0 saturated carbocycles. The normalized spacial score (nSPS) is 11.0. The van der Waals surface area contributed by atoms with E-state index in [1.807, 2.05) is 36.4 Å². The molecule has 1 heterocycles. The van der Waals surface area contributed by atoms with E-state index in [1.54, 1.807) is 0 Å². The topological polar surface area (TPSA) is 54.7 Å². The number of nitrogens with zero attached hydrogens (tertiary/aromatic N) is 1. The standard InChI is InChI=1S/C13H9Br2N3/c14-8-2-4-11-12(6-8)18-13(17-11)7-1-3-9(15)10(16)5-7/h1-6H,16H2,(H,17,18). The summed E-state index contributed by atoms with van der Waals surface area (Å²) in [6.45, 7) is 0. The van der Waals surface area contributed by atoms with Crippen molar-refractivity contribution in [3.63, 3.8) is 0 Å². The number of nitrogens with two attached hydrogens (primary N) is 1. The number of H-pyrrole nitrogens is 1. The number of nitrogens with one attached hydrogen (secondary N) is 1. The molecule has 0 aliphatic rings. The molecule has 0 aliphatic heterocycles. The minimum atomic E-state index is 0.703. The fraction of sp³-hybridized carbons (Fsp3) is 0. The van der Waals surface area contributed by atoms with Crippen LogP contribution in [0.5, 0.6) is 0 Å². The van der Waals surface area contributed by atoms with Gasteiger partial charge in [0.25, 0.3) is 0 Å². The van der Waals surface area contributed by atoms with Crippen LogP contribution >= 0.6 is 31.9 Å². The van der Waals surface area contributed by atoms with E-state index in [2.05, 4.69) is 41.8 Å². The molecule has 0 spiro atoms. The van der Waals surface area contributed by atoms with Crippen LogP contribution in [0.15, 0.2) is 45.3 Å². The molecule has 3 rings (SSSR count). The van der Waals surface area contributed by atoms with Crippen LogP contribution in [-0.2, 0) is 0 Å². The van der Waals surface area contributed by atoms with E-state index in [0.717, 1.165) is 31.4 Å². The number of hydrogen-bond acceptors (Lipinski definition) is 2. The zero-order valence-corrected chi connectivity index (χ0v) is 12.4. The third-order valence-corrected chi connectivity index (χ3v) is 3.93. The molecule has 0 saturated heterocycles. The summed E-state index contributed by atoms with van der Waals surface area (Å²) in [7, 11) is 0. The highest BCUT2D eigenvalue weighted by molar-refractivity contribution is 9.10. The van der Waals surface area contributed by atoms with Crippen LogP contribution < -0.4 is 5.73 Å². The monoisotopic (exact) mass is 365 g/mol. The second-order valence-electron chi connectivity index (χ2n) is 3.98. The number of hydrogen-bond donors (Lipinski definition) is 2. The first kappa shape index (κ1) is 11.7. The number of nitrogen functional groups attached to an aromatic ring is 1. The summed E-state index contributed by atoms with van der Waals surface area (Å²) in [5, 5.41) is 0. The molecule has 0 radical (unpaired) electrons. The number of benzene rings is 2. The molecule has 3 N–H and O–H groups in total. The van der Waals surface area contributed by atoms with Crippen LogP contribution in [0.1, 0.15) is 0 Å². The van der Waals surface area contributed by atoms with Crippen molar-refractivity contribution in [2.24, 2.45) is 0 Å². The average Bonchev–Trinajstić information content (AvgIpc) is 2.75. The minimum Gasteiger partial charge on any atom is -0.398 e. The Morgan fingerprint density at radius 1 is 1.06 bits per heavy atom. The number of imidazole rings is 1. The second-order valence-corrected chi connectivity index (χ2v) is 5.75. The molecule has 3 aromatic rings. The van der Waals surface area contributed by atoms with E-state index in [0.29, 0.717) is 5.69 Å². The zero-order chi connectivity index (χ0) is 12.7. The van der Waals surface area contributed by atoms with Crippen molar-refractivity contribution in [1.82, 2.24) is 9.97 Å². The van der Waals surface area contributed by atoms with Gasteiger partial charge < -0.3 is 10.7 Å². The van der Waals surface area contributed by atoms with Crippen molar-refractivity contribution >= 4 is 48.6 Å². The number of aromatic nitrogens is 2. The van der Waals surface area contributed by atoms with Gasteiger partial charge in [-0.3, -0.25) is 0 Å². The summed E-state index contributed by atoms with van der Waals surface area (Å²) >= 11 is 6.83. The zero-order valence-electron chi connectivity index (χ0n) is 9.24. The predicted molar refractivity (Wildman–Crippen MR) is 81.3 cm³/mol. The van der Waals surface area contributed by atoms with Gasteiger partial charge in [-0.15, -0.1) is 0 Å². The smallest absolute Gasteiger partial charge is 0.138 e. The lowest BCUT2D eigenvalue weighted by Crippen LogP contribution is -1.88. The second kappa shape index (κ2) is 4.40. The third-order valence-electron chi connectivity index (χ3n) is 2.71. The van der Waals surface area contributed by atoms with Gasteiger partial charge in [0, 0.05) is 20.2 Å². The van der Waals surface area contributed by atoms with Gasteiger partial charge in [0.2, 0.25) is 0 Å². The van der Waals surface area contributed by atoms with Crippen molar-refractivity contribution < 1.29 is 0 Å². The largest absolute Gasteiger partial charge is 0.398 e. The molecule has 0 amide bonds. The number of anilines is 1. The lowest BCUT2D eigenvalue weighted by atomic mass is 10.2. The molecular formula is C13H9Br2N3. The molecule has 0 bridgehead atoms. The average molecular weight is 367 g/mol. The van der Waals surface area contributed by atoms with Crippen LogP contribution in [0.4, 0.5) is 5.69 Å². The molecule has 18 heavy (non-hydrogen) atoms. The van der Waals surface area contributed by atoms with Crippen molar-refractivity contribution in [1.29, 1.82) is 0 Å². The predicted octanol–water partition coefficient (Wildman–Crippen LogP) is 4.34. The molecular weight excluding hydrogens is 358 g/mol. The number of aromatic amines is 1. The van der Waals surface area contributed by atoms with Gasteiger partial charge in [-0.2, -0.15) is 0 Å². The SMILES string of the molecule is Nc1cc(-c2nc3ccc(Br)cc3[nH]2)ccc1Br. The van der Waals surface area contributed by atoms with Gasteiger partial charge in [0.15, 0.2) is 0 Å². The molecule has 5 heteroatoms. The summed E-state index contributed by atoms with van der Waals surface area (Å²) in [4.78, 5) is 7.83. The molecule has 0 unspecified atom stereocenters. The molecule has 0 fully saturated rings. The molecule has 1 aromatic heterocycles. The Hall–Kier alpha value is -1.33. The first-order valence-electron chi connectivity index (χ1n) is 5.34. The Bertz CT molecular complexity index is 734. The van der Waals surface area contributed by atoms with Crippen LogP contribution in [0.3, 0.4) is 0 Å². The van der Waals surface area contributed by atoms with Gasteiger partial charge in [-0.1, -0.05) is 15.9 Å². The van der Waals surface area contributed by atoms with Crippen LogP contribution in [0.2, 0.25) is 0 Å². The van der Waals surface area contributed by atoms with Crippen molar-refractivity contribution in [2.45, 2.75) is 0 Å². The molecule has 0 aliphatic carbocycles. The van der Waals surface area contributed by atoms with Gasteiger partial charge in [-0.05, 0) is 52.3 Å². The van der Waals surface area contributed by atoms with Crippen molar-refractivity contribution in [2.75, 3.05) is 5.73 Å². The van der Waals surface area contributed by atoms with Crippen LogP contribution in [0, 0.1) is 0 Å². The van der Waals surface area contributed by atoms with Crippen LogP contribution in [0.25, 0.3) is 22.4 Å². The Labute approximate surface area is 121 Å². The van der Waals surface area contributed by atoms with E-state index in [4.69, 9.17) is 5.73 Å². The van der Waals surface area contributed by atoms with Crippen LogP contribution in [-0.4, -0.2) is 9.97 Å². The van der Waals surface area contributed by atoms with Crippen molar-refractivity contribution in [3.8, 4) is 11.4 Å². The van der Waals surface area contributed by atoms with E-state index in [1.165, 1.54) is 0 Å². The Kier molecular flexibility index (Phi) is 2.87. The number of halogens is 2. The Balaban J connectivity index is 2.16. The van der Waals surface area contributed by atoms with Gasteiger partial charge in [0.05, 0.1) is 11.0 Å². The highest BCUT2D eigenvalue weighted by Gasteiger charge is 2.07. The molecule has 90 valence electrons. The van der Waals surface area contributed by atoms with Gasteiger partial charge in [0.1, 0.15) is 5.82 Å². The maximum absolute atomic E-state index is 5.88. The fourth-order valence-electron chi connectivity index (χ4n) is 1.81. The fourth-order valence-corrected chi connectivity index (χ4v) is 2.42. The molecule has 3 nitrogen and oxygen atoms in total. The van der Waals surface area contributed by atoms with Crippen molar-refractivity contribution in [3.05, 3.63) is 45.3 Å². The maximum atomic E-state index is 5.88. The van der Waals surface area contributed by atoms with Gasteiger partial charge in [-0.25, -0.2) is 4.98 Å². The summed E-state index contributed by atoms with van der Waals surface area (Å²) in [6.07, 6.45) is 0. The maximum Gasteiger partial charge on any atom is 0.138 e. The first-order chi connectivity index (χ1) is 8.63. The number of fused-ring (bicyclic) bond motifs is 1.